The van der Waals surface area contributed by atoms with Crippen molar-refractivity contribution in [3.8, 4) is 0 Å². The highest BCUT2D eigenvalue weighted by molar-refractivity contribution is 5.99. The first-order valence-corrected chi connectivity index (χ1v) is 7.91. The van der Waals surface area contributed by atoms with Gasteiger partial charge in [-0.1, -0.05) is 25.0 Å². The van der Waals surface area contributed by atoms with Crippen molar-refractivity contribution >= 4 is 11.6 Å². The number of anilines is 1. The third-order valence-electron chi connectivity index (χ3n) is 4.82. The van der Waals surface area contributed by atoms with Gasteiger partial charge in [0, 0.05) is 13.1 Å². The van der Waals surface area contributed by atoms with Crippen molar-refractivity contribution in [2.24, 2.45) is 11.8 Å². The Bertz CT molecular complexity index is 493. The zero-order valence-corrected chi connectivity index (χ0v) is 13.4. The molecule has 1 amide bonds. The van der Waals surface area contributed by atoms with Crippen molar-refractivity contribution in [3.05, 3.63) is 29.3 Å². The highest BCUT2D eigenvalue weighted by Crippen LogP contribution is 2.30. The van der Waals surface area contributed by atoms with Crippen LogP contribution < -0.4 is 11.3 Å². The van der Waals surface area contributed by atoms with Gasteiger partial charge >= 0.3 is 0 Å². The second-order valence-electron chi connectivity index (χ2n) is 6.19. The number of amides is 1. The number of hydrogen-bond acceptors (Lipinski definition) is 3. The van der Waals surface area contributed by atoms with Gasteiger partial charge in [0.1, 0.15) is 0 Å². The molecule has 0 aromatic heterocycles. The number of nitrogens with zero attached hydrogens (tertiary/aromatic N) is 1. The first kappa shape index (κ1) is 15.8. The fourth-order valence-corrected chi connectivity index (χ4v) is 3.26. The first-order valence-electron chi connectivity index (χ1n) is 7.91. The maximum absolute atomic E-state index is 12.8. The van der Waals surface area contributed by atoms with Crippen LogP contribution in [0.5, 0.6) is 0 Å². The molecule has 1 aliphatic rings. The molecule has 0 bridgehead atoms. The molecule has 0 heterocycles. The van der Waals surface area contributed by atoms with Gasteiger partial charge in [0.25, 0.3) is 5.91 Å². The van der Waals surface area contributed by atoms with Crippen LogP contribution >= 0.6 is 0 Å². The quantitative estimate of drug-likeness (QED) is 0.660. The second-order valence-corrected chi connectivity index (χ2v) is 6.19. The maximum atomic E-state index is 12.8. The van der Waals surface area contributed by atoms with E-state index < -0.39 is 0 Å². The monoisotopic (exact) mass is 289 g/mol. The lowest BCUT2D eigenvalue weighted by atomic mass is 9.84. The van der Waals surface area contributed by atoms with Crippen molar-refractivity contribution in [2.45, 2.75) is 52.0 Å². The van der Waals surface area contributed by atoms with Gasteiger partial charge in [0.2, 0.25) is 0 Å². The van der Waals surface area contributed by atoms with E-state index in [1.165, 1.54) is 19.3 Å². The zero-order chi connectivity index (χ0) is 15.4. The lowest BCUT2D eigenvalue weighted by molar-refractivity contribution is 0.0675. The molecule has 0 saturated heterocycles. The molecule has 116 valence electrons. The van der Waals surface area contributed by atoms with E-state index in [1.807, 2.05) is 37.1 Å². The zero-order valence-electron chi connectivity index (χ0n) is 13.4. The van der Waals surface area contributed by atoms with Gasteiger partial charge < -0.3 is 10.3 Å². The van der Waals surface area contributed by atoms with Gasteiger partial charge in [-0.25, -0.2) is 0 Å². The molecule has 2 rings (SSSR count). The van der Waals surface area contributed by atoms with Gasteiger partial charge in [-0.2, -0.15) is 0 Å². The molecule has 1 saturated carbocycles. The highest BCUT2D eigenvalue weighted by atomic mass is 16.2. The number of nitrogens with one attached hydrogen (secondary N) is 1. The van der Waals surface area contributed by atoms with E-state index in [-0.39, 0.29) is 5.91 Å². The summed E-state index contributed by atoms with van der Waals surface area (Å²) in [6, 6.07) is 6.08. The topological polar surface area (TPSA) is 58.4 Å². The summed E-state index contributed by atoms with van der Waals surface area (Å²) in [5, 5.41) is 0. The number of benzene rings is 1. The summed E-state index contributed by atoms with van der Waals surface area (Å²) in [6.07, 6.45) is 5.93. The largest absolute Gasteiger partial charge is 0.339 e. The summed E-state index contributed by atoms with van der Waals surface area (Å²) in [6.45, 7) is 4.25. The summed E-state index contributed by atoms with van der Waals surface area (Å²) >= 11 is 0. The van der Waals surface area contributed by atoms with Crippen molar-refractivity contribution in [2.75, 3.05) is 12.5 Å². The van der Waals surface area contributed by atoms with Crippen LogP contribution in [0, 0.1) is 12.8 Å². The Balaban J connectivity index is 2.11. The molecule has 0 spiro atoms. The predicted molar refractivity (Wildman–Crippen MR) is 87.1 cm³/mol. The minimum Gasteiger partial charge on any atom is -0.339 e. The van der Waals surface area contributed by atoms with E-state index in [2.05, 4.69) is 12.3 Å². The van der Waals surface area contributed by atoms with Crippen LogP contribution in [-0.2, 0) is 0 Å². The van der Waals surface area contributed by atoms with E-state index in [9.17, 15) is 4.79 Å². The highest BCUT2D eigenvalue weighted by Gasteiger charge is 2.27. The molecule has 21 heavy (non-hydrogen) atoms. The Hall–Kier alpha value is -1.55. The molecule has 4 nitrogen and oxygen atoms in total. The SMILES string of the molecule is CCC1CCC(N(C)C(=O)c2cc(C)ccc2NN)CC1. The standard InChI is InChI=1S/C17H27N3O/c1-4-13-6-8-14(9-7-13)20(3)17(21)15-11-12(2)5-10-16(15)19-18/h5,10-11,13-14,19H,4,6-9,18H2,1-3H3. The molecule has 3 N–H and O–H groups in total. The molecule has 0 aliphatic heterocycles. The predicted octanol–water partition coefficient (Wildman–Crippen LogP) is 3.32. The first-order chi connectivity index (χ1) is 10.1. The second kappa shape index (κ2) is 6.94. The van der Waals surface area contributed by atoms with E-state index in [0.717, 1.165) is 24.3 Å². The van der Waals surface area contributed by atoms with Gasteiger partial charge in [-0.05, 0) is 50.7 Å². The van der Waals surface area contributed by atoms with Gasteiger partial charge in [0.05, 0.1) is 11.3 Å². The molecule has 4 heteroatoms. The number of rotatable bonds is 4. The van der Waals surface area contributed by atoms with Gasteiger partial charge in [-0.15, -0.1) is 0 Å². The number of carbonyl (C=O) groups excluding carboxylic acids is 1. The summed E-state index contributed by atoms with van der Waals surface area (Å²) in [5.41, 5.74) is 5.06. The summed E-state index contributed by atoms with van der Waals surface area (Å²) < 4.78 is 0. The van der Waals surface area contributed by atoms with Crippen LogP contribution in [0.15, 0.2) is 18.2 Å². The van der Waals surface area contributed by atoms with Crippen molar-refractivity contribution in [1.29, 1.82) is 0 Å². The molecule has 1 fully saturated rings. The average molecular weight is 289 g/mol. The molecule has 1 aliphatic carbocycles. The summed E-state index contributed by atoms with van der Waals surface area (Å²) in [4.78, 5) is 14.7. The fourth-order valence-electron chi connectivity index (χ4n) is 3.26. The number of nitrogens with two attached hydrogens (primary N) is 1. The van der Waals surface area contributed by atoms with Crippen LogP contribution in [0.25, 0.3) is 0 Å². The fraction of sp³-hybridized carbons (Fsp3) is 0.588. The summed E-state index contributed by atoms with van der Waals surface area (Å²) in [5.74, 6) is 6.43. The Morgan fingerprint density at radius 3 is 2.57 bits per heavy atom. The van der Waals surface area contributed by atoms with Crippen LogP contribution in [0.3, 0.4) is 0 Å². The molecular formula is C17H27N3O. The number of aryl methyl sites for hydroxylation is 1. The Morgan fingerprint density at radius 2 is 2.00 bits per heavy atom. The third-order valence-corrected chi connectivity index (χ3v) is 4.82. The molecular weight excluding hydrogens is 262 g/mol. The van der Waals surface area contributed by atoms with E-state index >= 15 is 0 Å². The molecule has 1 aromatic carbocycles. The van der Waals surface area contributed by atoms with Crippen LogP contribution in [0.1, 0.15) is 54.9 Å². The number of carbonyl (C=O) groups is 1. The smallest absolute Gasteiger partial charge is 0.256 e. The number of nitrogen functional groups attached to an aromatic ring is 1. The van der Waals surface area contributed by atoms with Crippen molar-refractivity contribution < 1.29 is 4.79 Å². The van der Waals surface area contributed by atoms with E-state index in [4.69, 9.17) is 5.84 Å². The van der Waals surface area contributed by atoms with E-state index in [1.54, 1.807) is 0 Å². The van der Waals surface area contributed by atoms with E-state index in [0.29, 0.717) is 17.3 Å². The minimum absolute atomic E-state index is 0.0617. The third kappa shape index (κ3) is 3.56. The Labute approximate surface area is 127 Å². The Kier molecular flexibility index (Phi) is 5.23. The van der Waals surface area contributed by atoms with Crippen molar-refractivity contribution in [1.82, 2.24) is 4.90 Å². The van der Waals surface area contributed by atoms with Crippen LogP contribution in [-0.4, -0.2) is 23.9 Å². The van der Waals surface area contributed by atoms with Crippen LogP contribution in [0.4, 0.5) is 5.69 Å². The maximum Gasteiger partial charge on any atom is 0.256 e. The molecule has 0 atom stereocenters. The molecule has 0 unspecified atom stereocenters. The summed E-state index contributed by atoms with van der Waals surface area (Å²) in [7, 11) is 1.92. The normalized spacial score (nSPS) is 21.9. The number of hydrogen-bond donors (Lipinski definition) is 2. The lowest BCUT2D eigenvalue weighted by Gasteiger charge is -2.34. The Morgan fingerprint density at radius 1 is 1.33 bits per heavy atom. The van der Waals surface area contributed by atoms with Gasteiger partial charge in [-0.3, -0.25) is 10.6 Å². The molecule has 1 aromatic rings. The van der Waals surface area contributed by atoms with Crippen molar-refractivity contribution in [3.63, 3.8) is 0 Å². The average Bonchev–Trinajstić information content (AvgIpc) is 2.53. The van der Waals surface area contributed by atoms with Crippen LogP contribution in [0.2, 0.25) is 0 Å². The molecule has 0 radical (unpaired) electrons. The lowest BCUT2D eigenvalue weighted by Crippen LogP contribution is -2.39. The minimum atomic E-state index is 0.0617. The van der Waals surface area contributed by atoms with Gasteiger partial charge in [0.15, 0.2) is 0 Å². The number of hydrazine groups is 1.